The van der Waals surface area contributed by atoms with Crippen LogP contribution in [-0.2, 0) is 11.2 Å². The van der Waals surface area contributed by atoms with E-state index in [9.17, 15) is 9.90 Å². The average molecular weight is 234 g/mol. The summed E-state index contributed by atoms with van der Waals surface area (Å²) in [6.07, 6.45) is 2.00. The van der Waals surface area contributed by atoms with Gasteiger partial charge in [-0.2, -0.15) is 0 Å². The van der Waals surface area contributed by atoms with Crippen molar-refractivity contribution < 1.29 is 9.90 Å². The minimum absolute atomic E-state index is 0.0934. The first-order valence-electron chi connectivity index (χ1n) is 5.95. The van der Waals surface area contributed by atoms with Crippen LogP contribution >= 0.6 is 0 Å². The van der Waals surface area contributed by atoms with Gasteiger partial charge < -0.3 is 15.7 Å². The molecule has 4 heteroatoms. The summed E-state index contributed by atoms with van der Waals surface area (Å²) < 4.78 is 0. The molecule has 1 aromatic rings. The summed E-state index contributed by atoms with van der Waals surface area (Å²) in [5, 5.41) is 15.8. The minimum atomic E-state index is -0.0934. The van der Waals surface area contributed by atoms with Crippen LogP contribution in [0.1, 0.15) is 18.9 Å². The molecule has 2 rings (SSSR count). The number of anilines is 1. The van der Waals surface area contributed by atoms with E-state index in [-0.39, 0.29) is 5.91 Å². The van der Waals surface area contributed by atoms with Crippen LogP contribution in [0.4, 0.5) is 5.69 Å². The fourth-order valence-electron chi connectivity index (χ4n) is 2.23. The Balaban J connectivity index is 2.10. The summed E-state index contributed by atoms with van der Waals surface area (Å²) in [4.78, 5) is 11.0. The van der Waals surface area contributed by atoms with E-state index >= 15 is 0 Å². The third-order valence-electron chi connectivity index (χ3n) is 3.07. The third-order valence-corrected chi connectivity index (χ3v) is 3.07. The maximum absolute atomic E-state index is 11.0. The number of benzene rings is 1. The van der Waals surface area contributed by atoms with Gasteiger partial charge in [0.15, 0.2) is 0 Å². The maximum Gasteiger partial charge on any atom is 0.221 e. The van der Waals surface area contributed by atoms with Crippen molar-refractivity contribution in [3.8, 4) is 5.75 Å². The summed E-state index contributed by atoms with van der Waals surface area (Å²) >= 11 is 0. The summed E-state index contributed by atoms with van der Waals surface area (Å²) in [5.41, 5.74) is 1.65. The Morgan fingerprint density at radius 1 is 1.59 bits per heavy atom. The van der Waals surface area contributed by atoms with E-state index in [0.29, 0.717) is 11.7 Å². The molecule has 1 saturated heterocycles. The minimum Gasteiger partial charge on any atom is -0.508 e. The first kappa shape index (κ1) is 11.9. The first-order valence-corrected chi connectivity index (χ1v) is 5.95. The Hall–Kier alpha value is -1.55. The number of carbonyl (C=O) groups is 1. The van der Waals surface area contributed by atoms with Gasteiger partial charge in [0.05, 0.1) is 0 Å². The fraction of sp³-hybridized carbons (Fsp3) is 0.462. The van der Waals surface area contributed by atoms with E-state index in [2.05, 4.69) is 10.6 Å². The van der Waals surface area contributed by atoms with Gasteiger partial charge in [0.1, 0.15) is 5.75 Å². The Morgan fingerprint density at radius 2 is 2.41 bits per heavy atom. The molecule has 4 nitrogen and oxygen atoms in total. The molecular weight excluding hydrogens is 216 g/mol. The molecule has 1 atom stereocenters. The normalized spacial score (nSPS) is 19.2. The van der Waals surface area contributed by atoms with Crippen LogP contribution in [0.5, 0.6) is 5.75 Å². The van der Waals surface area contributed by atoms with E-state index in [1.54, 1.807) is 12.1 Å². The van der Waals surface area contributed by atoms with Gasteiger partial charge in [-0.05, 0) is 55.6 Å². The largest absolute Gasteiger partial charge is 0.508 e. The molecular formula is C13H18N2O2. The van der Waals surface area contributed by atoms with Gasteiger partial charge in [-0.25, -0.2) is 0 Å². The second kappa shape index (κ2) is 5.19. The summed E-state index contributed by atoms with van der Waals surface area (Å²) in [6.45, 7) is 3.54. The molecule has 1 aliphatic heterocycles. The van der Waals surface area contributed by atoms with Crippen LogP contribution in [0, 0.1) is 5.92 Å². The number of aromatic hydroxyl groups is 1. The molecule has 92 valence electrons. The smallest absolute Gasteiger partial charge is 0.221 e. The number of phenolic OH excluding ortho intramolecular Hbond substituents is 1. The highest BCUT2D eigenvalue weighted by molar-refractivity contribution is 5.88. The molecule has 3 N–H and O–H groups in total. The molecule has 1 aliphatic rings. The predicted molar refractivity (Wildman–Crippen MR) is 67.1 cm³/mol. The molecule has 0 bridgehead atoms. The highest BCUT2D eigenvalue weighted by atomic mass is 16.3. The number of phenols is 1. The van der Waals surface area contributed by atoms with Gasteiger partial charge in [0.25, 0.3) is 0 Å². The quantitative estimate of drug-likeness (QED) is 0.695. The number of hydrogen-bond acceptors (Lipinski definition) is 3. The van der Waals surface area contributed by atoms with E-state index in [4.69, 9.17) is 0 Å². The van der Waals surface area contributed by atoms with Crippen LogP contribution in [0.25, 0.3) is 0 Å². The van der Waals surface area contributed by atoms with Crippen molar-refractivity contribution in [2.24, 2.45) is 5.92 Å². The summed E-state index contributed by atoms with van der Waals surface area (Å²) in [5.74, 6) is 0.795. The van der Waals surface area contributed by atoms with Crippen LogP contribution in [-0.4, -0.2) is 24.1 Å². The van der Waals surface area contributed by atoms with Gasteiger partial charge in [-0.3, -0.25) is 4.79 Å². The fourth-order valence-corrected chi connectivity index (χ4v) is 2.23. The lowest BCUT2D eigenvalue weighted by molar-refractivity contribution is -0.114. The van der Waals surface area contributed by atoms with Crippen molar-refractivity contribution in [2.45, 2.75) is 19.8 Å². The highest BCUT2D eigenvalue weighted by Gasteiger charge is 2.16. The number of hydrogen-bond donors (Lipinski definition) is 3. The van der Waals surface area contributed by atoms with Gasteiger partial charge in [0, 0.05) is 12.6 Å². The molecule has 0 aromatic heterocycles. The van der Waals surface area contributed by atoms with Crippen molar-refractivity contribution in [1.82, 2.24) is 5.32 Å². The van der Waals surface area contributed by atoms with Crippen molar-refractivity contribution in [3.05, 3.63) is 23.8 Å². The van der Waals surface area contributed by atoms with Gasteiger partial charge in [-0.1, -0.05) is 0 Å². The zero-order chi connectivity index (χ0) is 12.3. The number of amides is 1. The molecule has 1 amide bonds. The third kappa shape index (κ3) is 3.20. The van der Waals surface area contributed by atoms with Crippen molar-refractivity contribution in [2.75, 3.05) is 18.4 Å². The molecule has 0 radical (unpaired) electrons. The van der Waals surface area contributed by atoms with Crippen LogP contribution in [0.15, 0.2) is 18.2 Å². The Morgan fingerprint density at radius 3 is 3.06 bits per heavy atom. The van der Waals surface area contributed by atoms with E-state index < -0.39 is 0 Å². The monoisotopic (exact) mass is 234 g/mol. The van der Waals surface area contributed by atoms with Gasteiger partial charge in [-0.15, -0.1) is 0 Å². The summed E-state index contributed by atoms with van der Waals surface area (Å²) in [6, 6.07) is 5.21. The van der Waals surface area contributed by atoms with Crippen LogP contribution < -0.4 is 10.6 Å². The number of nitrogens with one attached hydrogen (secondary N) is 2. The molecule has 1 aromatic carbocycles. The van der Waals surface area contributed by atoms with Crippen molar-refractivity contribution in [3.63, 3.8) is 0 Å². The Kier molecular flexibility index (Phi) is 3.64. The maximum atomic E-state index is 11.0. The summed E-state index contributed by atoms with van der Waals surface area (Å²) in [7, 11) is 0. The molecule has 0 spiro atoms. The van der Waals surface area contributed by atoms with Gasteiger partial charge >= 0.3 is 0 Å². The molecule has 17 heavy (non-hydrogen) atoms. The number of rotatable bonds is 3. The van der Waals surface area contributed by atoms with Gasteiger partial charge in [0.2, 0.25) is 5.91 Å². The first-order chi connectivity index (χ1) is 8.15. The lowest BCUT2D eigenvalue weighted by Gasteiger charge is -2.11. The predicted octanol–water partition coefficient (Wildman–Crippen LogP) is 1.50. The molecule has 1 fully saturated rings. The lowest BCUT2D eigenvalue weighted by atomic mass is 9.97. The standard InChI is InChI=1S/C13H18N2O2/c1-9(16)15-12-2-3-13(17)11(7-12)6-10-4-5-14-8-10/h2-3,7,10,14,17H,4-6,8H2,1H3,(H,15,16). The zero-order valence-electron chi connectivity index (χ0n) is 9.99. The zero-order valence-corrected chi connectivity index (χ0v) is 9.99. The van der Waals surface area contributed by atoms with E-state index in [1.165, 1.54) is 6.92 Å². The SMILES string of the molecule is CC(=O)Nc1ccc(O)c(CC2CCNC2)c1. The molecule has 1 heterocycles. The molecule has 0 aliphatic carbocycles. The average Bonchev–Trinajstić information content (AvgIpc) is 2.75. The Bertz CT molecular complexity index is 412. The lowest BCUT2D eigenvalue weighted by Crippen LogP contribution is -2.11. The second-order valence-corrected chi connectivity index (χ2v) is 4.59. The van der Waals surface area contributed by atoms with E-state index in [1.807, 2.05) is 6.07 Å². The van der Waals surface area contributed by atoms with E-state index in [0.717, 1.165) is 37.2 Å². The Labute approximate surface area is 101 Å². The topological polar surface area (TPSA) is 61.4 Å². The highest BCUT2D eigenvalue weighted by Crippen LogP contribution is 2.26. The molecule has 0 saturated carbocycles. The van der Waals surface area contributed by atoms with Crippen molar-refractivity contribution >= 4 is 11.6 Å². The van der Waals surface area contributed by atoms with Crippen LogP contribution in [0.2, 0.25) is 0 Å². The van der Waals surface area contributed by atoms with Crippen LogP contribution in [0.3, 0.4) is 0 Å². The molecule has 1 unspecified atom stereocenters. The van der Waals surface area contributed by atoms with Crippen molar-refractivity contribution in [1.29, 1.82) is 0 Å². The number of carbonyl (C=O) groups excluding carboxylic acids is 1. The second-order valence-electron chi connectivity index (χ2n) is 4.59.